The summed E-state index contributed by atoms with van der Waals surface area (Å²) in [5, 5.41) is 0.0448. The van der Waals surface area contributed by atoms with Crippen molar-refractivity contribution in [3.05, 3.63) is 58.4 Å². The Hall–Kier alpha value is -1.58. The third-order valence-electron chi connectivity index (χ3n) is 2.89. The molecule has 0 amide bonds. The number of hydrogen-bond acceptors (Lipinski definition) is 2. The second kappa shape index (κ2) is 6.25. The zero-order chi connectivity index (χ0) is 14.7. The van der Waals surface area contributed by atoms with Crippen molar-refractivity contribution in [2.24, 2.45) is 5.73 Å². The van der Waals surface area contributed by atoms with E-state index in [1.807, 2.05) is 32.0 Å². The minimum absolute atomic E-state index is 0.00311. The van der Waals surface area contributed by atoms with Crippen LogP contribution >= 0.6 is 11.6 Å². The predicted molar refractivity (Wildman–Crippen MR) is 80.0 cm³/mol. The van der Waals surface area contributed by atoms with Crippen molar-refractivity contribution >= 4 is 11.6 Å². The topological polar surface area (TPSA) is 35.2 Å². The molecule has 106 valence electrons. The first-order chi connectivity index (χ1) is 9.47. The first-order valence-corrected chi connectivity index (χ1v) is 6.82. The zero-order valence-electron chi connectivity index (χ0n) is 11.5. The fraction of sp³-hybridized carbons (Fsp3) is 0.250. The Balaban J connectivity index is 2.35. The van der Waals surface area contributed by atoms with E-state index in [2.05, 4.69) is 0 Å². The van der Waals surface area contributed by atoms with Crippen molar-refractivity contribution in [2.75, 3.05) is 0 Å². The molecule has 1 unspecified atom stereocenters. The molecule has 2 N–H and O–H groups in total. The molecule has 2 aromatic carbocycles. The fourth-order valence-corrected chi connectivity index (χ4v) is 2.16. The van der Waals surface area contributed by atoms with Crippen molar-refractivity contribution in [3.8, 4) is 11.5 Å². The molecule has 0 aliphatic carbocycles. The summed E-state index contributed by atoms with van der Waals surface area (Å²) in [5.74, 6) is 0.169. The number of ether oxygens (including phenoxy) is 1. The van der Waals surface area contributed by atoms with Gasteiger partial charge >= 0.3 is 0 Å². The average Bonchev–Trinajstić information content (AvgIpc) is 2.37. The van der Waals surface area contributed by atoms with Gasteiger partial charge in [-0.1, -0.05) is 35.4 Å². The second-order valence-electron chi connectivity index (χ2n) is 4.95. The summed E-state index contributed by atoms with van der Waals surface area (Å²) in [6.45, 7) is 3.92. The van der Waals surface area contributed by atoms with Crippen LogP contribution in [0.15, 0.2) is 36.4 Å². The molecule has 2 aromatic rings. The summed E-state index contributed by atoms with van der Waals surface area (Å²) >= 11 is 5.75. The van der Waals surface area contributed by atoms with Gasteiger partial charge in [0.15, 0.2) is 11.6 Å². The number of hydrogen-bond donors (Lipinski definition) is 1. The van der Waals surface area contributed by atoms with Crippen LogP contribution in [0.25, 0.3) is 0 Å². The zero-order valence-corrected chi connectivity index (χ0v) is 12.2. The lowest BCUT2D eigenvalue weighted by molar-refractivity contribution is 0.436. The molecule has 0 spiro atoms. The van der Waals surface area contributed by atoms with Gasteiger partial charge in [-0.05, 0) is 44.0 Å². The molecule has 0 heterocycles. The minimum atomic E-state index is -0.554. The lowest BCUT2D eigenvalue weighted by Gasteiger charge is -2.14. The van der Waals surface area contributed by atoms with Crippen LogP contribution in [-0.2, 0) is 6.42 Å². The molecule has 0 aliphatic heterocycles. The molecule has 1 atom stereocenters. The third kappa shape index (κ3) is 3.50. The molecule has 2 rings (SSSR count). The fourth-order valence-electron chi connectivity index (χ4n) is 2.00. The molecule has 4 heteroatoms. The molecule has 0 aliphatic rings. The van der Waals surface area contributed by atoms with Crippen molar-refractivity contribution < 1.29 is 9.13 Å². The molecule has 0 aromatic heterocycles. The van der Waals surface area contributed by atoms with Crippen LogP contribution in [0.5, 0.6) is 11.5 Å². The monoisotopic (exact) mass is 293 g/mol. The van der Waals surface area contributed by atoms with Crippen LogP contribution < -0.4 is 10.5 Å². The highest BCUT2D eigenvalue weighted by atomic mass is 35.5. The van der Waals surface area contributed by atoms with Crippen molar-refractivity contribution in [1.29, 1.82) is 0 Å². The van der Waals surface area contributed by atoms with Crippen molar-refractivity contribution in [3.63, 3.8) is 0 Å². The highest BCUT2D eigenvalue weighted by Gasteiger charge is 2.12. The van der Waals surface area contributed by atoms with E-state index in [1.54, 1.807) is 12.1 Å². The second-order valence-corrected chi connectivity index (χ2v) is 5.35. The van der Waals surface area contributed by atoms with Gasteiger partial charge in [-0.15, -0.1) is 0 Å². The van der Waals surface area contributed by atoms with E-state index in [0.29, 0.717) is 12.2 Å². The quantitative estimate of drug-likeness (QED) is 0.902. The summed E-state index contributed by atoms with van der Waals surface area (Å²) in [6.07, 6.45) is 0.666. The minimum Gasteiger partial charge on any atom is -0.454 e. The van der Waals surface area contributed by atoms with Crippen LogP contribution in [0.3, 0.4) is 0 Å². The number of benzene rings is 2. The lowest BCUT2D eigenvalue weighted by atomic mass is 10.0. The van der Waals surface area contributed by atoms with Gasteiger partial charge in [0, 0.05) is 6.04 Å². The highest BCUT2D eigenvalue weighted by molar-refractivity contribution is 6.30. The van der Waals surface area contributed by atoms with Crippen LogP contribution in [0.2, 0.25) is 5.02 Å². The summed E-state index contributed by atoms with van der Waals surface area (Å²) in [7, 11) is 0. The summed E-state index contributed by atoms with van der Waals surface area (Å²) < 4.78 is 19.5. The molecule has 0 saturated heterocycles. The highest BCUT2D eigenvalue weighted by Crippen LogP contribution is 2.31. The number of aryl methyl sites for hydroxylation is 1. The molecule has 20 heavy (non-hydrogen) atoms. The Morgan fingerprint density at radius 3 is 2.70 bits per heavy atom. The molecule has 0 fully saturated rings. The van der Waals surface area contributed by atoms with Crippen LogP contribution in [0.4, 0.5) is 4.39 Å². The van der Waals surface area contributed by atoms with Crippen molar-refractivity contribution in [1.82, 2.24) is 0 Å². The summed E-state index contributed by atoms with van der Waals surface area (Å²) in [5.41, 5.74) is 7.91. The van der Waals surface area contributed by atoms with Gasteiger partial charge in [0.25, 0.3) is 0 Å². The summed E-state index contributed by atoms with van der Waals surface area (Å²) in [6, 6.07) is 10.4. The maximum Gasteiger partial charge on any atom is 0.184 e. The number of halogens is 2. The van der Waals surface area contributed by atoms with E-state index in [1.165, 1.54) is 6.07 Å². The SMILES string of the molecule is Cc1ccc(Oc2cccc(Cl)c2F)c(CC(C)N)c1. The maximum atomic E-state index is 13.9. The Bertz CT molecular complexity index is 613. The van der Waals surface area contributed by atoms with Gasteiger partial charge in [0.05, 0.1) is 5.02 Å². The standard InChI is InChI=1S/C16H17ClFNO/c1-10-6-7-14(12(8-10)9-11(2)19)20-15-5-3-4-13(17)16(15)18/h3-8,11H,9,19H2,1-2H3. The first kappa shape index (κ1) is 14.8. The average molecular weight is 294 g/mol. The number of nitrogens with two attached hydrogens (primary N) is 1. The molecular weight excluding hydrogens is 277 g/mol. The van der Waals surface area contributed by atoms with E-state index >= 15 is 0 Å². The van der Waals surface area contributed by atoms with Crippen LogP contribution in [0, 0.1) is 12.7 Å². The van der Waals surface area contributed by atoms with E-state index < -0.39 is 5.82 Å². The molecule has 0 saturated carbocycles. The lowest BCUT2D eigenvalue weighted by Crippen LogP contribution is -2.18. The van der Waals surface area contributed by atoms with Crippen LogP contribution in [0.1, 0.15) is 18.1 Å². The normalized spacial score (nSPS) is 12.2. The van der Waals surface area contributed by atoms with Crippen LogP contribution in [-0.4, -0.2) is 6.04 Å². The Morgan fingerprint density at radius 1 is 1.25 bits per heavy atom. The van der Waals surface area contributed by atoms with Gasteiger partial charge < -0.3 is 10.5 Å². The first-order valence-electron chi connectivity index (χ1n) is 6.44. The van der Waals surface area contributed by atoms with E-state index in [0.717, 1.165) is 11.1 Å². The summed E-state index contributed by atoms with van der Waals surface area (Å²) in [4.78, 5) is 0. The Labute approximate surface area is 123 Å². The maximum absolute atomic E-state index is 13.9. The molecule has 0 bridgehead atoms. The van der Waals surface area contributed by atoms with Crippen molar-refractivity contribution in [2.45, 2.75) is 26.3 Å². The van der Waals surface area contributed by atoms with Gasteiger partial charge in [-0.2, -0.15) is 0 Å². The Kier molecular flexibility index (Phi) is 4.63. The van der Waals surface area contributed by atoms with Gasteiger partial charge in [-0.3, -0.25) is 0 Å². The molecular formula is C16H17ClFNO. The van der Waals surface area contributed by atoms with Gasteiger partial charge in [0.2, 0.25) is 0 Å². The van der Waals surface area contributed by atoms with Gasteiger partial charge in [0.1, 0.15) is 5.75 Å². The molecule has 2 nitrogen and oxygen atoms in total. The number of rotatable bonds is 4. The molecule has 0 radical (unpaired) electrons. The van der Waals surface area contributed by atoms with E-state index in [-0.39, 0.29) is 16.8 Å². The smallest absolute Gasteiger partial charge is 0.184 e. The van der Waals surface area contributed by atoms with Gasteiger partial charge in [-0.25, -0.2) is 4.39 Å². The third-order valence-corrected chi connectivity index (χ3v) is 3.19. The predicted octanol–water partition coefficient (Wildman–Crippen LogP) is 4.47. The van der Waals surface area contributed by atoms with E-state index in [9.17, 15) is 4.39 Å². The van der Waals surface area contributed by atoms with E-state index in [4.69, 9.17) is 22.1 Å². The largest absolute Gasteiger partial charge is 0.454 e. The Morgan fingerprint density at radius 2 is 2.00 bits per heavy atom.